The Morgan fingerprint density at radius 2 is 2.10 bits per heavy atom. The Balaban J connectivity index is 2.42. The van der Waals surface area contributed by atoms with Crippen molar-refractivity contribution in [1.82, 2.24) is 4.31 Å². The highest BCUT2D eigenvalue weighted by atomic mass is 32.2. The molecule has 1 saturated carbocycles. The van der Waals surface area contributed by atoms with Gasteiger partial charge >= 0.3 is 0 Å². The molecule has 110 valence electrons. The Labute approximate surface area is 117 Å². The van der Waals surface area contributed by atoms with Crippen LogP contribution < -0.4 is 0 Å². The molecular formula is C12H16N2O5S. The van der Waals surface area contributed by atoms with Crippen molar-refractivity contribution in [3.63, 3.8) is 0 Å². The van der Waals surface area contributed by atoms with Gasteiger partial charge in [-0.3, -0.25) is 10.1 Å². The summed E-state index contributed by atoms with van der Waals surface area (Å²) < 4.78 is 26.2. The van der Waals surface area contributed by atoms with Gasteiger partial charge in [0.05, 0.1) is 16.4 Å². The zero-order valence-corrected chi connectivity index (χ0v) is 11.8. The normalized spacial score (nSPS) is 15.6. The second-order valence-electron chi connectivity index (χ2n) is 4.78. The number of hydrogen-bond donors (Lipinski definition) is 1. The summed E-state index contributed by atoms with van der Waals surface area (Å²) in [5, 5.41) is 19.9. The minimum Gasteiger partial charge on any atom is -0.395 e. The van der Waals surface area contributed by atoms with Crippen LogP contribution in [0.1, 0.15) is 18.4 Å². The maximum Gasteiger partial charge on any atom is 0.273 e. The highest BCUT2D eigenvalue weighted by Gasteiger charge is 2.38. The van der Waals surface area contributed by atoms with Gasteiger partial charge in [-0.2, -0.15) is 4.31 Å². The van der Waals surface area contributed by atoms with Crippen molar-refractivity contribution in [2.45, 2.75) is 30.7 Å². The van der Waals surface area contributed by atoms with Crippen LogP contribution in [0.15, 0.2) is 23.1 Å². The van der Waals surface area contributed by atoms with E-state index in [0.717, 1.165) is 18.9 Å². The highest BCUT2D eigenvalue weighted by molar-refractivity contribution is 7.89. The molecule has 0 spiro atoms. The lowest BCUT2D eigenvalue weighted by atomic mass is 10.2. The third-order valence-corrected chi connectivity index (χ3v) is 5.21. The first-order valence-corrected chi connectivity index (χ1v) is 7.69. The molecule has 0 unspecified atom stereocenters. The zero-order chi connectivity index (χ0) is 14.9. The molecule has 2 rings (SSSR count). The van der Waals surface area contributed by atoms with Gasteiger partial charge in [0.1, 0.15) is 0 Å². The first-order valence-electron chi connectivity index (χ1n) is 6.25. The number of sulfonamides is 1. The van der Waals surface area contributed by atoms with Crippen LogP contribution in [0, 0.1) is 17.0 Å². The Morgan fingerprint density at radius 1 is 1.45 bits per heavy atom. The molecule has 1 aromatic rings. The largest absolute Gasteiger partial charge is 0.395 e. The first kappa shape index (κ1) is 14.9. The van der Waals surface area contributed by atoms with Gasteiger partial charge in [0.15, 0.2) is 0 Å². The van der Waals surface area contributed by atoms with Crippen LogP contribution >= 0.6 is 0 Å². The standard InChI is InChI=1S/C12H16N2O5S/c1-9-2-5-11(8-12(9)14(16)17)20(18,19)13(6-7-15)10-3-4-10/h2,5,8,10,15H,3-4,6-7H2,1H3. The molecule has 7 nitrogen and oxygen atoms in total. The molecule has 1 aliphatic rings. The molecule has 1 fully saturated rings. The second-order valence-corrected chi connectivity index (χ2v) is 6.67. The third kappa shape index (κ3) is 2.82. The van der Waals surface area contributed by atoms with E-state index in [1.165, 1.54) is 16.4 Å². The summed E-state index contributed by atoms with van der Waals surface area (Å²) in [5.41, 5.74) is 0.194. The number of aryl methyl sites for hydroxylation is 1. The van der Waals surface area contributed by atoms with E-state index in [9.17, 15) is 18.5 Å². The van der Waals surface area contributed by atoms with Crippen LogP contribution in [0.5, 0.6) is 0 Å². The predicted octanol–water partition coefficient (Wildman–Crippen LogP) is 1.05. The number of nitrogens with zero attached hydrogens (tertiary/aromatic N) is 2. The van der Waals surface area contributed by atoms with Crippen molar-refractivity contribution < 1.29 is 18.4 Å². The van der Waals surface area contributed by atoms with E-state index in [0.29, 0.717) is 5.56 Å². The summed E-state index contributed by atoms with van der Waals surface area (Å²) in [6, 6.07) is 3.77. The smallest absolute Gasteiger partial charge is 0.273 e. The van der Waals surface area contributed by atoms with Crippen molar-refractivity contribution in [1.29, 1.82) is 0 Å². The van der Waals surface area contributed by atoms with E-state index in [1.54, 1.807) is 6.92 Å². The SMILES string of the molecule is Cc1ccc(S(=O)(=O)N(CCO)C2CC2)cc1[N+](=O)[O-]. The van der Waals surface area contributed by atoms with Crippen LogP contribution in [0.2, 0.25) is 0 Å². The van der Waals surface area contributed by atoms with E-state index >= 15 is 0 Å². The fourth-order valence-corrected chi connectivity index (χ4v) is 3.74. The van der Waals surface area contributed by atoms with Gasteiger partial charge < -0.3 is 5.11 Å². The molecule has 0 saturated heterocycles. The summed E-state index contributed by atoms with van der Waals surface area (Å²) >= 11 is 0. The molecule has 1 aliphatic carbocycles. The molecule has 0 amide bonds. The van der Waals surface area contributed by atoms with Crippen LogP contribution in [0.3, 0.4) is 0 Å². The highest BCUT2D eigenvalue weighted by Crippen LogP contribution is 2.33. The zero-order valence-electron chi connectivity index (χ0n) is 11.0. The Bertz CT molecular complexity index is 625. The average molecular weight is 300 g/mol. The van der Waals surface area contributed by atoms with Gasteiger partial charge in [-0.1, -0.05) is 6.07 Å². The first-order chi connectivity index (χ1) is 9.37. The fourth-order valence-electron chi connectivity index (χ4n) is 2.04. The van der Waals surface area contributed by atoms with E-state index in [-0.39, 0.29) is 29.8 Å². The van der Waals surface area contributed by atoms with E-state index in [4.69, 9.17) is 5.11 Å². The third-order valence-electron chi connectivity index (χ3n) is 3.26. The molecule has 1 aromatic carbocycles. The molecule has 0 atom stereocenters. The summed E-state index contributed by atoms with van der Waals surface area (Å²) in [6.07, 6.45) is 1.51. The molecule has 1 N–H and O–H groups in total. The number of benzene rings is 1. The van der Waals surface area contributed by atoms with Crippen LogP contribution in [-0.2, 0) is 10.0 Å². The molecule has 0 aliphatic heterocycles. The van der Waals surface area contributed by atoms with Gasteiger partial charge in [0.25, 0.3) is 5.69 Å². The Morgan fingerprint density at radius 3 is 2.60 bits per heavy atom. The topological polar surface area (TPSA) is 101 Å². The fraction of sp³-hybridized carbons (Fsp3) is 0.500. The maximum atomic E-state index is 12.5. The number of nitro groups is 1. The van der Waals surface area contributed by atoms with Crippen molar-refractivity contribution in [2.24, 2.45) is 0 Å². The predicted molar refractivity (Wildman–Crippen MR) is 71.8 cm³/mol. The average Bonchev–Trinajstić information content (AvgIpc) is 3.19. The number of aliphatic hydroxyl groups excluding tert-OH is 1. The quantitative estimate of drug-likeness (QED) is 0.625. The molecule has 0 aromatic heterocycles. The lowest BCUT2D eigenvalue weighted by molar-refractivity contribution is -0.385. The number of hydrogen-bond acceptors (Lipinski definition) is 5. The molecule has 0 heterocycles. The van der Waals surface area contributed by atoms with Gasteiger partial charge in [-0.15, -0.1) is 0 Å². The van der Waals surface area contributed by atoms with Gasteiger partial charge in [-0.05, 0) is 25.8 Å². The molecular weight excluding hydrogens is 284 g/mol. The van der Waals surface area contributed by atoms with Crippen molar-refractivity contribution >= 4 is 15.7 Å². The molecule has 0 bridgehead atoms. The Hall–Kier alpha value is -1.51. The second kappa shape index (κ2) is 5.47. The lowest BCUT2D eigenvalue weighted by Crippen LogP contribution is -2.35. The Kier molecular flexibility index (Phi) is 4.07. The summed E-state index contributed by atoms with van der Waals surface area (Å²) in [5.74, 6) is 0. The van der Waals surface area contributed by atoms with Crippen molar-refractivity contribution in [3.05, 3.63) is 33.9 Å². The van der Waals surface area contributed by atoms with Crippen molar-refractivity contribution in [2.75, 3.05) is 13.2 Å². The number of nitro benzene ring substituents is 1. The maximum absolute atomic E-state index is 12.5. The minimum atomic E-state index is -3.80. The van der Waals surface area contributed by atoms with Crippen molar-refractivity contribution in [3.8, 4) is 0 Å². The van der Waals surface area contributed by atoms with E-state index in [2.05, 4.69) is 0 Å². The van der Waals surface area contributed by atoms with Gasteiger partial charge in [0, 0.05) is 24.2 Å². The van der Waals surface area contributed by atoms with E-state index < -0.39 is 14.9 Å². The number of rotatable bonds is 6. The lowest BCUT2D eigenvalue weighted by Gasteiger charge is -2.20. The minimum absolute atomic E-state index is 0.00861. The van der Waals surface area contributed by atoms with Gasteiger partial charge in [-0.25, -0.2) is 8.42 Å². The van der Waals surface area contributed by atoms with Gasteiger partial charge in [0.2, 0.25) is 10.0 Å². The summed E-state index contributed by atoms with van der Waals surface area (Å²) in [4.78, 5) is 10.2. The monoisotopic (exact) mass is 300 g/mol. The molecule has 8 heteroatoms. The molecule has 0 radical (unpaired) electrons. The summed E-state index contributed by atoms with van der Waals surface area (Å²) in [7, 11) is -3.80. The number of aliphatic hydroxyl groups is 1. The van der Waals surface area contributed by atoms with E-state index in [1.807, 2.05) is 0 Å². The van der Waals surface area contributed by atoms with Crippen LogP contribution in [0.25, 0.3) is 0 Å². The van der Waals surface area contributed by atoms with Crippen LogP contribution in [-0.4, -0.2) is 41.9 Å². The van der Waals surface area contributed by atoms with Crippen LogP contribution in [0.4, 0.5) is 5.69 Å². The summed E-state index contributed by atoms with van der Waals surface area (Å²) in [6.45, 7) is 1.29. The molecule has 20 heavy (non-hydrogen) atoms.